The Morgan fingerprint density at radius 3 is 2.52 bits per heavy atom. The molecule has 4 heterocycles. The number of aromatic amines is 1. The molecule has 0 saturated carbocycles. The fourth-order valence-corrected chi connectivity index (χ4v) is 4.41. The summed E-state index contributed by atoms with van der Waals surface area (Å²) in [5.41, 5.74) is 8.75. The molecule has 0 aliphatic carbocycles. The fraction of sp³-hybridized carbons (Fsp3) is 0.375. The molecule has 3 aromatic heterocycles. The zero-order chi connectivity index (χ0) is 21.7. The summed E-state index contributed by atoms with van der Waals surface area (Å²) in [6, 6.07) is 11.6. The second kappa shape index (κ2) is 7.50. The predicted molar refractivity (Wildman–Crippen MR) is 125 cm³/mol. The van der Waals surface area contributed by atoms with E-state index >= 15 is 0 Å². The number of fused-ring (bicyclic) bond motifs is 1. The Bertz CT molecular complexity index is 1210. The lowest BCUT2D eigenvalue weighted by molar-refractivity contribution is 0.247. The van der Waals surface area contributed by atoms with E-state index in [1.807, 2.05) is 10.7 Å². The van der Waals surface area contributed by atoms with Crippen LogP contribution in [0.3, 0.4) is 0 Å². The summed E-state index contributed by atoms with van der Waals surface area (Å²) in [5.74, 6) is 0.325. The van der Waals surface area contributed by atoms with Gasteiger partial charge in [-0.2, -0.15) is 10.2 Å². The molecule has 1 N–H and O–H groups in total. The van der Waals surface area contributed by atoms with Crippen LogP contribution in [0.25, 0.3) is 28.2 Å². The van der Waals surface area contributed by atoms with Gasteiger partial charge in [0.1, 0.15) is 6.33 Å². The normalized spacial score (nSPS) is 14.7. The van der Waals surface area contributed by atoms with Gasteiger partial charge in [-0.1, -0.05) is 26.0 Å². The summed E-state index contributed by atoms with van der Waals surface area (Å²) in [4.78, 5) is 9.05. The maximum atomic E-state index is 4.73. The van der Waals surface area contributed by atoms with Gasteiger partial charge in [0.15, 0.2) is 5.65 Å². The highest BCUT2D eigenvalue weighted by Gasteiger charge is 2.28. The third kappa shape index (κ3) is 3.39. The summed E-state index contributed by atoms with van der Waals surface area (Å²) in [6.45, 7) is 8.67. The second-order valence-corrected chi connectivity index (χ2v) is 9.02. The molecule has 5 rings (SSSR count). The monoisotopic (exact) mass is 415 g/mol. The van der Waals surface area contributed by atoms with Crippen LogP contribution in [0.2, 0.25) is 0 Å². The molecule has 0 atom stereocenters. The number of nitrogens with zero attached hydrogens (tertiary/aromatic N) is 6. The molecule has 31 heavy (non-hydrogen) atoms. The molecule has 1 fully saturated rings. The van der Waals surface area contributed by atoms with Gasteiger partial charge < -0.3 is 9.80 Å². The van der Waals surface area contributed by atoms with Crippen LogP contribution in [0.4, 0.5) is 5.69 Å². The average Bonchev–Trinajstić information content (AvgIpc) is 3.34. The van der Waals surface area contributed by atoms with Crippen molar-refractivity contribution in [1.82, 2.24) is 29.7 Å². The minimum atomic E-state index is 0.325. The number of benzene rings is 1. The Hall–Kier alpha value is -3.19. The molecule has 160 valence electrons. The first-order chi connectivity index (χ1) is 14.9. The first-order valence-corrected chi connectivity index (χ1v) is 10.8. The molecule has 1 aromatic carbocycles. The number of aromatic nitrogens is 5. The van der Waals surface area contributed by atoms with Crippen LogP contribution in [-0.4, -0.2) is 62.9 Å². The van der Waals surface area contributed by atoms with Gasteiger partial charge in [0, 0.05) is 47.7 Å². The van der Waals surface area contributed by atoms with Crippen molar-refractivity contribution in [2.45, 2.75) is 32.7 Å². The first-order valence-electron chi connectivity index (χ1n) is 10.8. The van der Waals surface area contributed by atoms with E-state index in [1.54, 1.807) is 6.33 Å². The zero-order valence-corrected chi connectivity index (χ0v) is 18.8. The third-order valence-electron chi connectivity index (χ3n) is 6.33. The minimum absolute atomic E-state index is 0.325. The summed E-state index contributed by atoms with van der Waals surface area (Å²) in [7, 11) is 4.30. The number of anilines is 1. The molecule has 0 spiro atoms. The van der Waals surface area contributed by atoms with Gasteiger partial charge in [-0.3, -0.25) is 5.10 Å². The highest BCUT2D eigenvalue weighted by molar-refractivity contribution is 5.76. The van der Waals surface area contributed by atoms with E-state index in [1.165, 1.54) is 11.3 Å². The molecule has 0 amide bonds. The van der Waals surface area contributed by atoms with Gasteiger partial charge in [0.25, 0.3) is 0 Å². The van der Waals surface area contributed by atoms with E-state index in [0.717, 1.165) is 46.8 Å². The van der Waals surface area contributed by atoms with E-state index in [2.05, 4.69) is 90.2 Å². The van der Waals surface area contributed by atoms with Crippen molar-refractivity contribution in [3.8, 4) is 22.5 Å². The van der Waals surface area contributed by atoms with Gasteiger partial charge in [0.2, 0.25) is 0 Å². The maximum absolute atomic E-state index is 4.73. The number of hydrogen-bond acceptors (Lipinski definition) is 5. The molecule has 1 aliphatic rings. The minimum Gasteiger partial charge on any atom is -0.368 e. The van der Waals surface area contributed by atoms with E-state index < -0.39 is 0 Å². The number of nitrogens with one attached hydrogen (secondary N) is 1. The van der Waals surface area contributed by atoms with Crippen LogP contribution in [0, 0.1) is 6.92 Å². The number of pyridine rings is 1. The molecule has 0 radical (unpaired) electrons. The lowest BCUT2D eigenvalue weighted by Gasteiger charge is -2.44. The van der Waals surface area contributed by atoms with Crippen LogP contribution in [-0.2, 0) is 0 Å². The molecular formula is C24H29N7. The first kappa shape index (κ1) is 19.8. The van der Waals surface area contributed by atoms with Crippen LogP contribution >= 0.6 is 0 Å². The van der Waals surface area contributed by atoms with Crippen molar-refractivity contribution in [2.24, 2.45) is 0 Å². The highest BCUT2D eigenvalue weighted by Crippen LogP contribution is 2.36. The topological polar surface area (TPSA) is 65.4 Å². The molecule has 7 nitrogen and oxygen atoms in total. The van der Waals surface area contributed by atoms with Crippen molar-refractivity contribution in [3.63, 3.8) is 0 Å². The fourth-order valence-electron chi connectivity index (χ4n) is 4.41. The summed E-state index contributed by atoms with van der Waals surface area (Å²) < 4.78 is 1.83. The second-order valence-electron chi connectivity index (χ2n) is 9.02. The van der Waals surface area contributed by atoms with Gasteiger partial charge in [-0.05, 0) is 50.7 Å². The Labute approximate surface area is 182 Å². The number of hydrogen-bond donors (Lipinski definition) is 1. The van der Waals surface area contributed by atoms with Crippen LogP contribution in [0.15, 0.2) is 42.9 Å². The predicted octanol–water partition coefficient (Wildman–Crippen LogP) is 3.97. The van der Waals surface area contributed by atoms with E-state index in [9.17, 15) is 0 Å². The zero-order valence-electron chi connectivity index (χ0n) is 18.8. The molecule has 7 heteroatoms. The SMILES string of the molecule is Cc1cc(-c2[nH]nc(-c3ccc(N4CC(N(C)C)C4)cc3)c2C(C)C)cn2ncnc12. The maximum Gasteiger partial charge on any atom is 0.158 e. The summed E-state index contributed by atoms with van der Waals surface area (Å²) in [6.07, 6.45) is 3.61. The van der Waals surface area contributed by atoms with Crippen molar-refractivity contribution in [1.29, 1.82) is 0 Å². The summed E-state index contributed by atoms with van der Waals surface area (Å²) >= 11 is 0. The van der Waals surface area contributed by atoms with Gasteiger partial charge in [-0.25, -0.2) is 9.50 Å². The lowest BCUT2D eigenvalue weighted by atomic mass is 9.94. The largest absolute Gasteiger partial charge is 0.368 e. The molecular weight excluding hydrogens is 386 g/mol. The van der Waals surface area contributed by atoms with Crippen LogP contribution in [0.1, 0.15) is 30.9 Å². The standard InChI is InChI=1S/C24H29N7/c1-15(2)21-22(17-6-8-19(9-7-17)30-12-20(13-30)29(4)5)27-28-23(21)18-10-16(3)24-25-14-26-31(24)11-18/h6-11,14-15,20H,12-13H2,1-5H3,(H,27,28). The van der Waals surface area contributed by atoms with Crippen molar-refractivity contribution in [3.05, 3.63) is 54.0 Å². The van der Waals surface area contributed by atoms with E-state index in [-0.39, 0.29) is 0 Å². The quantitative estimate of drug-likeness (QED) is 0.534. The number of H-pyrrole nitrogens is 1. The Morgan fingerprint density at radius 1 is 1.10 bits per heavy atom. The van der Waals surface area contributed by atoms with Crippen molar-refractivity contribution in [2.75, 3.05) is 32.1 Å². The molecule has 0 bridgehead atoms. The number of likely N-dealkylation sites (N-methyl/N-ethyl adjacent to an activating group) is 1. The Morgan fingerprint density at radius 2 is 1.84 bits per heavy atom. The van der Waals surface area contributed by atoms with Crippen molar-refractivity contribution < 1.29 is 0 Å². The number of rotatable bonds is 5. The summed E-state index contributed by atoms with van der Waals surface area (Å²) in [5, 5.41) is 12.4. The lowest BCUT2D eigenvalue weighted by Crippen LogP contribution is -2.57. The van der Waals surface area contributed by atoms with Crippen molar-refractivity contribution >= 4 is 11.3 Å². The van der Waals surface area contributed by atoms with E-state index in [4.69, 9.17) is 5.10 Å². The Balaban J connectivity index is 1.48. The van der Waals surface area contributed by atoms with Gasteiger partial charge in [-0.15, -0.1) is 0 Å². The Kier molecular flexibility index (Phi) is 4.78. The van der Waals surface area contributed by atoms with Crippen LogP contribution in [0.5, 0.6) is 0 Å². The molecule has 4 aromatic rings. The van der Waals surface area contributed by atoms with Crippen LogP contribution < -0.4 is 4.90 Å². The van der Waals surface area contributed by atoms with E-state index in [0.29, 0.717) is 12.0 Å². The van der Waals surface area contributed by atoms with Gasteiger partial charge in [0.05, 0.1) is 11.4 Å². The van der Waals surface area contributed by atoms with Gasteiger partial charge >= 0.3 is 0 Å². The highest BCUT2D eigenvalue weighted by atomic mass is 15.3. The molecule has 1 aliphatic heterocycles. The number of aryl methyl sites for hydroxylation is 1. The smallest absolute Gasteiger partial charge is 0.158 e. The molecule has 0 unspecified atom stereocenters. The molecule has 1 saturated heterocycles. The third-order valence-corrected chi connectivity index (χ3v) is 6.33. The average molecular weight is 416 g/mol.